The fraction of sp³-hybridized carbons (Fsp3) is 0.545. The van der Waals surface area contributed by atoms with Gasteiger partial charge in [-0.25, -0.2) is 4.39 Å². The van der Waals surface area contributed by atoms with E-state index in [4.69, 9.17) is 0 Å². The first-order valence-corrected chi connectivity index (χ1v) is 10.3. The summed E-state index contributed by atoms with van der Waals surface area (Å²) in [7, 11) is 0. The normalized spacial score (nSPS) is 31.7. The topological polar surface area (TPSA) is 69.2 Å². The second-order valence-electron chi connectivity index (χ2n) is 8.92. The summed E-state index contributed by atoms with van der Waals surface area (Å²) in [6.07, 6.45) is 4.50. The van der Waals surface area contributed by atoms with E-state index >= 15 is 0 Å². The Hall–Kier alpha value is -2.21. The molecule has 2 aliphatic carbocycles. The smallest absolute Gasteiger partial charge is 0.274 e. The summed E-state index contributed by atoms with van der Waals surface area (Å²) in [5.74, 6) is 0.492. The third-order valence-corrected chi connectivity index (χ3v) is 7.18. The summed E-state index contributed by atoms with van der Waals surface area (Å²) < 4.78 is 13.3. The molecule has 0 unspecified atom stereocenters. The number of hydrogen-bond donors (Lipinski definition) is 2. The SMILES string of the molecule is C[C@H]1CCc2[nH]nc(C(=O)N3C[C@H]4CC[C@](O)(c5ccc(F)cc5)[C@H]4C3)c2C1. The van der Waals surface area contributed by atoms with Crippen molar-refractivity contribution in [2.75, 3.05) is 13.1 Å². The van der Waals surface area contributed by atoms with Crippen molar-refractivity contribution in [2.24, 2.45) is 17.8 Å². The lowest BCUT2D eigenvalue weighted by Gasteiger charge is -2.30. The van der Waals surface area contributed by atoms with Crippen molar-refractivity contribution >= 4 is 5.91 Å². The highest BCUT2D eigenvalue weighted by atomic mass is 19.1. The molecule has 2 N–H and O–H groups in total. The number of carbonyl (C=O) groups excluding carboxylic acids is 1. The standard InChI is InChI=1S/C22H26FN3O2/c1-13-2-7-19-17(10-13)20(25-24-19)21(27)26-11-14-8-9-22(28,18(14)12-26)15-3-5-16(23)6-4-15/h3-6,13-14,18,28H,2,7-12H2,1H3,(H,24,25)/t13-,14+,18-,22-/m0/s1. The zero-order valence-corrected chi connectivity index (χ0v) is 16.1. The van der Waals surface area contributed by atoms with Gasteiger partial charge in [-0.1, -0.05) is 19.1 Å². The number of H-pyrrole nitrogens is 1. The average Bonchev–Trinajstić information content (AvgIpc) is 3.37. The number of hydrogen-bond acceptors (Lipinski definition) is 3. The summed E-state index contributed by atoms with van der Waals surface area (Å²) in [5.41, 5.74) is 2.50. The van der Waals surface area contributed by atoms with Crippen molar-refractivity contribution < 1.29 is 14.3 Å². The highest BCUT2D eigenvalue weighted by molar-refractivity contribution is 5.94. The Labute approximate surface area is 163 Å². The summed E-state index contributed by atoms with van der Waals surface area (Å²) in [4.78, 5) is 15.1. The van der Waals surface area contributed by atoms with Gasteiger partial charge in [-0.15, -0.1) is 0 Å². The number of aryl methyl sites for hydroxylation is 1. The number of aromatic amines is 1. The Morgan fingerprint density at radius 2 is 2.07 bits per heavy atom. The van der Waals surface area contributed by atoms with Gasteiger partial charge in [0.1, 0.15) is 5.82 Å². The molecule has 2 heterocycles. The summed E-state index contributed by atoms with van der Waals surface area (Å²) in [5, 5.41) is 18.8. The van der Waals surface area contributed by atoms with Gasteiger partial charge in [-0.05, 0) is 61.6 Å². The third kappa shape index (κ3) is 2.69. The van der Waals surface area contributed by atoms with Crippen LogP contribution in [0.4, 0.5) is 4.39 Å². The zero-order chi connectivity index (χ0) is 19.5. The number of fused-ring (bicyclic) bond motifs is 2. The van der Waals surface area contributed by atoms with Crippen LogP contribution in [0.5, 0.6) is 0 Å². The fourth-order valence-corrected chi connectivity index (χ4v) is 5.55. The van der Waals surface area contributed by atoms with Gasteiger partial charge in [0.05, 0.1) is 5.60 Å². The Bertz CT molecular complexity index is 909. The molecule has 0 bridgehead atoms. The number of likely N-dealkylation sites (tertiary alicyclic amines) is 1. The quantitative estimate of drug-likeness (QED) is 0.838. The van der Waals surface area contributed by atoms with Gasteiger partial charge in [0.25, 0.3) is 5.91 Å². The number of aromatic nitrogens is 2. The number of amides is 1. The summed E-state index contributed by atoms with van der Waals surface area (Å²) >= 11 is 0. The van der Waals surface area contributed by atoms with Crippen molar-refractivity contribution in [3.05, 3.63) is 52.6 Å². The van der Waals surface area contributed by atoms with E-state index in [1.807, 2.05) is 4.90 Å². The lowest BCUT2D eigenvalue weighted by atomic mass is 9.82. The highest BCUT2D eigenvalue weighted by Crippen LogP contribution is 2.50. The van der Waals surface area contributed by atoms with E-state index < -0.39 is 5.60 Å². The molecule has 1 aromatic heterocycles. The predicted octanol–water partition coefficient (Wildman–Crippen LogP) is 3.04. The minimum atomic E-state index is -0.993. The third-order valence-electron chi connectivity index (χ3n) is 7.18. The van der Waals surface area contributed by atoms with Crippen LogP contribution in [-0.2, 0) is 18.4 Å². The van der Waals surface area contributed by atoms with Crippen LogP contribution in [0.2, 0.25) is 0 Å². The lowest BCUT2D eigenvalue weighted by Crippen LogP contribution is -2.37. The molecule has 5 rings (SSSR count). The monoisotopic (exact) mass is 383 g/mol. The van der Waals surface area contributed by atoms with E-state index in [-0.39, 0.29) is 23.6 Å². The Kier molecular flexibility index (Phi) is 4.09. The summed E-state index contributed by atoms with van der Waals surface area (Å²) in [6, 6.07) is 6.15. The maximum Gasteiger partial charge on any atom is 0.274 e. The molecule has 6 heteroatoms. The van der Waals surface area contributed by atoms with Crippen LogP contribution in [-0.4, -0.2) is 39.2 Å². The molecule has 0 spiro atoms. The van der Waals surface area contributed by atoms with Crippen molar-refractivity contribution in [3.8, 4) is 0 Å². The first-order chi connectivity index (χ1) is 13.5. The van der Waals surface area contributed by atoms with Crippen LogP contribution in [0.3, 0.4) is 0 Å². The van der Waals surface area contributed by atoms with E-state index in [0.717, 1.165) is 42.5 Å². The van der Waals surface area contributed by atoms with Crippen LogP contribution in [0, 0.1) is 23.6 Å². The molecule has 5 nitrogen and oxygen atoms in total. The molecule has 1 saturated carbocycles. The molecule has 2 aromatic rings. The number of rotatable bonds is 2. The highest BCUT2D eigenvalue weighted by Gasteiger charge is 2.53. The van der Waals surface area contributed by atoms with Gasteiger partial charge in [-0.3, -0.25) is 9.89 Å². The number of carbonyl (C=O) groups is 1. The van der Waals surface area contributed by atoms with Crippen molar-refractivity contribution in [2.45, 2.75) is 44.6 Å². The Morgan fingerprint density at radius 1 is 1.29 bits per heavy atom. The largest absolute Gasteiger partial charge is 0.385 e. The van der Waals surface area contributed by atoms with Crippen molar-refractivity contribution in [1.29, 1.82) is 0 Å². The number of aliphatic hydroxyl groups is 1. The van der Waals surface area contributed by atoms with Crippen LogP contribution < -0.4 is 0 Å². The first kappa shape index (κ1) is 17.9. The molecule has 2 fully saturated rings. The van der Waals surface area contributed by atoms with E-state index in [1.54, 1.807) is 12.1 Å². The molecule has 1 aromatic carbocycles. The van der Waals surface area contributed by atoms with Gasteiger partial charge in [0.2, 0.25) is 0 Å². The van der Waals surface area contributed by atoms with E-state index in [0.29, 0.717) is 31.1 Å². The van der Waals surface area contributed by atoms with E-state index in [9.17, 15) is 14.3 Å². The van der Waals surface area contributed by atoms with Gasteiger partial charge in [-0.2, -0.15) is 5.10 Å². The van der Waals surface area contributed by atoms with Gasteiger partial charge in [0.15, 0.2) is 5.69 Å². The van der Waals surface area contributed by atoms with E-state index in [1.165, 1.54) is 12.1 Å². The molecule has 4 atom stereocenters. The number of nitrogens with one attached hydrogen (secondary N) is 1. The molecule has 3 aliphatic rings. The van der Waals surface area contributed by atoms with Crippen molar-refractivity contribution in [3.63, 3.8) is 0 Å². The molecule has 0 radical (unpaired) electrons. The molecule has 28 heavy (non-hydrogen) atoms. The second kappa shape index (κ2) is 6.41. The molecular weight excluding hydrogens is 357 g/mol. The fourth-order valence-electron chi connectivity index (χ4n) is 5.55. The van der Waals surface area contributed by atoms with Crippen LogP contribution >= 0.6 is 0 Å². The van der Waals surface area contributed by atoms with Crippen LogP contribution in [0.25, 0.3) is 0 Å². The second-order valence-corrected chi connectivity index (χ2v) is 8.92. The average molecular weight is 383 g/mol. The van der Waals surface area contributed by atoms with Gasteiger partial charge >= 0.3 is 0 Å². The first-order valence-electron chi connectivity index (χ1n) is 10.3. The minimum Gasteiger partial charge on any atom is -0.385 e. The maximum atomic E-state index is 13.3. The zero-order valence-electron chi connectivity index (χ0n) is 16.1. The molecular formula is C22H26FN3O2. The van der Waals surface area contributed by atoms with E-state index in [2.05, 4.69) is 17.1 Å². The maximum absolute atomic E-state index is 13.3. The molecule has 1 amide bonds. The number of benzene rings is 1. The van der Waals surface area contributed by atoms with Crippen LogP contribution in [0.1, 0.15) is 53.5 Å². The minimum absolute atomic E-state index is 0.0180. The summed E-state index contributed by atoms with van der Waals surface area (Å²) in [6.45, 7) is 3.39. The Balaban J connectivity index is 1.38. The van der Waals surface area contributed by atoms with Crippen molar-refractivity contribution in [1.82, 2.24) is 15.1 Å². The number of halogens is 1. The molecule has 1 saturated heterocycles. The number of nitrogens with zero attached hydrogens (tertiary/aromatic N) is 2. The van der Waals surface area contributed by atoms with Gasteiger partial charge < -0.3 is 10.0 Å². The molecule has 148 valence electrons. The molecule has 1 aliphatic heterocycles. The lowest BCUT2D eigenvalue weighted by molar-refractivity contribution is -0.00596. The van der Waals surface area contributed by atoms with Gasteiger partial charge in [0, 0.05) is 30.3 Å². The Morgan fingerprint density at radius 3 is 2.86 bits per heavy atom. The van der Waals surface area contributed by atoms with Crippen LogP contribution in [0.15, 0.2) is 24.3 Å². The predicted molar refractivity (Wildman–Crippen MR) is 102 cm³/mol.